The van der Waals surface area contributed by atoms with Crippen LogP contribution in [0.2, 0.25) is 0 Å². The van der Waals surface area contributed by atoms with Crippen LogP contribution in [0.5, 0.6) is 5.75 Å². The number of quaternary nitrogens is 2. The van der Waals surface area contributed by atoms with Gasteiger partial charge in [0.1, 0.15) is 37.6 Å². The first-order valence-corrected chi connectivity index (χ1v) is 7.71. The van der Waals surface area contributed by atoms with Gasteiger partial charge < -0.3 is 19.9 Å². The number of benzene rings is 1. The summed E-state index contributed by atoms with van der Waals surface area (Å²) < 4.78 is 4.99. The monoisotopic (exact) mass is 324 g/mol. The molecule has 0 aromatic heterocycles. The molecule has 1 atom stereocenters. The molecule has 1 aliphatic rings. The SMILES string of the molecule is COc1ccc(NC(=O)[C@@H](C)[NH+]2CC[NH+](C)CC2)c([N+](=O)[O-])c1. The predicted molar refractivity (Wildman–Crippen MR) is 85.1 cm³/mol. The number of hydrogen-bond acceptors (Lipinski definition) is 4. The molecule has 1 fully saturated rings. The number of nitro groups is 1. The molecule has 1 aromatic carbocycles. The summed E-state index contributed by atoms with van der Waals surface area (Å²) in [7, 11) is 3.58. The molecule has 1 aliphatic heterocycles. The molecule has 0 unspecified atom stereocenters. The largest absolute Gasteiger partial charge is 0.496 e. The molecule has 2 rings (SSSR count). The lowest BCUT2D eigenvalue weighted by atomic mass is 10.2. The standard InChI is InChI=1S/C15H22N4O4/c1-11(18-8-6-17(2)7-9-18)15(20)16-13-5-4-12(23-3)10-14(13)19(21)22/h4-5,10-11H,6-9H2,1-3H3,(H,16,20)/p+2/t11-/m1/s1. The maximum Gasteiger partial charge on any atom is 0.296 e. The number of likely N-dealkylation sites (N-methyl/N-ethyl adjacent to an activating group) is 1. The van der Waals surface area contributed by atoms with E-state index in [1.165, 1.54) is 29.0 Å². The summed E-state index contributed by atoms with van der Waals surface area (Å²) in [6.07, 6.45) is 0. The third-order valence-electron chi connectivity index (χ3n) is 4.41. The van der Waals surface area contributed by atoms with Gasteiger partial charge in [-0.25, -0.2) is 0 Å². The Morgan fingerprint density at radius 3 is 2.57 bits per heavy atom. The fraction of sp³-hybridized carbons (Fsp3) is 0.533. The molecular formula is C15H24N4O4+2. The minimum Gasteiger partial charge on any atom is -0.496 e. The van der Waals surface area contributed by atoms with Gasteiger partial charge in [-0.05, 0) is 19.1 Å². The van der Waals surface area contributed by atoms with Gasteiger partial charge in [0, 0.05) is 0 Å². The molecule has 23 heavy (non-hydrogen) atoms. The normalized spacial score (nSPS) is 22.2. The molecule has 0 saturated carbocycles. The Hall–Kier alpha value is -2.19. The number of ether oxygens (including phenoxy) is 1. The van der Waals surface area contributed by atoms with Crippen molar-refractivity contribution in [2.24, 2.45) is 0 Å². The molecule has 1 aromatic rings. The van der Waals surface area contributed by atoms with Gasteiger partial charge in [-0.2, -0.15) is 0 Å². The van der Waals surface area contributed by atoms with Gasteiger partial charge in [-0.15, -0.1) is 0 Å². The average molecular weight is 324 g/mol. The molecular weight excluding hydrogens is 300 g/mol. The van der Waals surface area contributed by atoms with Gasteiger partial charge in [0.15, 0.2) is 6.04 Å². The zero-order chi connectivity index (χ0) is 17.0. The zero-order valence-electron chi connectivity index (χ0n) is 13.7. The van der Waals surface area contributed by atoms with E-state index in [-0.39, 0.29) is 23.3 Å². The van der Waals surface area contributed by atoms with Crippen LogP contribution < -0.4 is 19.9 Å². The molecule has 1 amide bonds. The van der Waals surface area contributed by atoms with Crippen molar-refractivity contribution in [1.29, 1.82) is 0 Å². The van der Waals surface area contributed by atoms with Gasteiger partial charge in [-0.3, -0.25) is 14.9 Å². The van der Waals surface area contributed by atoms with E-state index in [2.05, 4.69) is 12.4 Å². The highest BCUT2D eigenvalue weighted by Gasteiger charge is 2.30. The quantitative estimate of drug-likeness (QED) is 0.447. The predicted octanol–water partition coefficient (Wildman–Crippen LogP) is -1.66. The molecule has 0 bridgehead atoms. The Bertz CT molecular complexity index is 585. The molecule has 126 valence electrons. The van der Waals surface area contributed by atoms with Crippen LogP contribution in [0.3, 0.4) is 0 Å². The summed E-state index contributed by atoms with van der Waals surface area (Å²) in [5.41, 5.74) is 0.0366. The van der Waals surface area contributed by atoms with Crippen molar-refractivity contribution in [3.63, 3.8) is 0 Å². The van der Waals surface area contributed by atoms with Crippen LogP contribution in [0.25, 0.3) is 0 Å². The van der Waals surface area contributed by atoms with Crippen molar-refractivity contribution in [3.05, 3.63) is 28.3 Å². The van der Waals surface area contributed by atoms with Crippen molar-refractivity contribution in [1.82, 2.24) is 0 Å². The lowest BCUT2D eigenvalue weighted by Gasteiger charge is -2.30. The molecule has 3 N–H and O–H groups in total. The fourth-order valence-corrected chi connectivity index (χ4v) is 2.75. The molecule has 8 nitrogen and oxygen atoms in total. The highest BCUT2D eigenvalue weighted by molar-refractivity contribution is 5.95. The smallest absolute Gasteiger partial charge is 0.296 e. The van der Waals surface area contributed by atoms with Crippen LogP contribution in [0.15, 0.2) is 18.2 Å². The zero-order valence-corrected chi connectivity index (χ0v) is 13.7. The van der Waals surface area contributed by atoms with Crippen molar-refractivity contribution < 1.29 is 24.3 Å². The van der Waals surface area contributed by atoms with E-state index in [1.54, 1.807) is 6.07 Å². The maximum absolute atomic E-state index is 12.4. The number of rotatable bonds is 5. The number of carbonyl (C=O) groups excluding carboxylic acids is 1. The fourth-order valence-electron chi connectivity index (χ4n) is 2.75. The van der Waals surface area contributed by atoms with Gasteiger partial charge >= 0.3 is 0 Å². The number of piperazine rings is 1. The summed E-state index contributed by atoms with van der Waals surface area (Å²) in [6, 6.07) is 4.17. The lowest BCUT2D eigenvalue weighted by Crippen LogP contribution is -3.29. The third kappa shape index (κ3) is 4.17. The van der Waals surface area contributed by atoms with E-state index < -0.39 is 4.92 Å². The Morgan fingerprint density at radius 2 is 2.00 bits per heavy atom. The Labute approximate surface area is 135 Å². The summed E-state index contributed by atoms with van der Waals surface area (Å²) in [4.78, 5) is 25.8. The summed E-state index contributed by atoms with van der Waals surface area (Å²) in [5.74, 6) is 0.184. The Balaban J connectivity index is 2.09. The highest BCUT2D eigenvalue weighted by atomic mass is 16.6. The number of amides is 1. The number of hydrogen-bond donors (Lipinski definition) is 3. The van der Waals surface area contributed by atoms with Crippen LogP contribution in [-0.2, 0) is 4.79 Å². The number of nitrogens with one attached hydrogen (secondary N) is 3. The second-order valence-electron chi connectivity index (χ2n) is 5.97. The third-order valence-corrected chi connectivity index (χ3v) is 4.41. The lowest BCUT2D eigenvalue weighted by molar-refractivity contribution is -1.01. The van der Waals surface area contributed by atoms with Crippen molar-refractivity contribution >= 4 is 17.3 Å². The topological polar surface area (TPSA) is 90.3 Å². The van der Waals surface area contributed by atoms with Crippen LogP contribution in [0.1, 0.15) is 6.92 Å². The minimum absolute atomic E-state index is 0.164. The van der Waals surface area contributed by atoms with E-state index in [9.17, 15) is 14.9 Å². The number of carbonyl (C=O) groups is 1. The summed E-state index contributed by atoms with van der Waals surface area (Å²) in [5, 5.41) is 13.9. The van der Waals surface area contributed by atoms with Crippen molar-refractivity contribution in [2.45, 2.75) is 13.0 Å². The summed E-state index contributed by atoms with van der Waals surface area (Å²) >= 11 is 0. The van der Waals surface area contributed by atoms with Crippen molar-refractivity contribution in [3.8, 4) is 5.75 Å². The van der Waals surface area contributed by atoms with E-state index in [1.807, 2.05) is 6.92 Å². The second-order valence-corrected chi connectivity index (χ2v) is 5.97. The maximum atomic E-state index is 12.4. The number of methoxy groups -OCH3 is 1. The van der Waals surface area contributed by atoms with Gasteiger partial charge in [-0.1, -0.05) is 0 Å². The van der Waals surface area contributed by atoms with Gasteiger partial charge in [0.25, 0.3) is 11.6 Å². The van der Waals surface area contributed by atoms with Crippen LogP contribution in [0, 0.1) is 10.1 Å². The van der Waals surface area contributed by atoms with Crippen LogP contribution >= 0.6 is 0 Å². The average Bonchev–Trinajstić information content (AvgIpc) is 2.55. The van der Waals surface area contributed by atoms with Crippen LogP contribution in [-0.4, -0.2) is 57.2 Å². The van der Waals surface area contributed by atoms with Gasteiger partial charge in [0.05, 0.1) is 25.1 Å². The first kappa shape index (κ1) is 17.2. The van der Waals surface area contributed by atoms with E-state index in [4.69, 9.17) is 4.74 Å². The molecule has 1 saturated heterocycles. The Morgan fingerprint density at radius 1 is 1.35 bits per heavy atom. The van der Waals surface area contributed by atoms with Crippen molar-refractivity contribution in [2.75, 3.05) is 45.7 Å². The highest BCUT2D eigenvalue weighted by Crippen LogP contribution is 2.28. The first-order chi connectivity index (χ1) is 10.9. The molecule has 8 heteroatoms. The molecule has 1 heterocycles. The number of nitro benzene ring substituents is 1. The summed E-state index contributed by atoms with van der Waals surface area (Å²) in [6.45, 7) is 5.75. The van der Waals surface area contributed by atoms with E-state index >= 15 is 0 Å². The van der Waals surface area contributed by atoms with Crippen LogP contribution in [0.4, 0.5) is 11.4 Å². The first-order valence-electron chi connectivity index (χ1n) is 7.71. The second kappa shape index (κ2) is 7.38. The molecule has 0 spiro atoms. The molecule has 0 aliphatic carbocycles. The van der Waals surface area contributed by atoms with E-state index in [0.717, 1.165) is 26.2 Å². The number of anilines is 1. The minimum atomic E-state index is -0.519. The van der Waals surface area contributed by atoms with Gasteiger partial charge in [0.2, 0.25) is 0 Å². The number of nitrogens with zero attached hydrogens (tertiary/aromatic N) is 1. The van der Waals surface area contributed by atoms with E-state index in [0.29, 0.717) is 5.75 Å². The molecule has 0 radical (unpaired) electrons. The Kier molecular flexibility index (Phi) is 5.51.